The van der Waals surface area contributed by atoms with Crippen LogP contribution in [0.2, 0.25) is 0 Å². The smallest absolute Gasteiger partial charge is 0.338 e. The standard InChI is InChI=1S/C18H14O10S/c1-27-17(23)12-6-4-9(7-13(12)16(21)22)29(25,26)10-3-5-11(15(19)20)14(8-10)18(24)28-2/h3-8H,1-2H3,(H,19,20)(H,21,22). The number of benzene rings is 2. The van der Waals surface area contributed by atoms with Crippen LogP contribution in [0.25, 0.3) is 0 Å². The van der Waals surface area contributed by atoms with Crippen LogP contribution >= 0.6 is 0 Å². The van der Waals surface area contributed by atoms with Gasteiger partial charge >= 0.3 is 23.9 Å². The SMILES string of the molecule is COC(=O)c1ccc(S(=O)(=O)c2ccc(C(=O)O)c(C(=O)OC)c2)cc1C(=O)O. The number of aromatic carboxylic acids is 2. The van der Waals surface area contributed by atoms with Crippen molar-refractivity contribution in [1.29, 1.82) is 0 Å². The Morgan fingerprint density at radius 2 is 1.10 bits per heavy atom. The van der Waals surface area contributed by atoms with Crippen molar-refractivity contribution >= 4 is 33.7 Å². The molecule has 0 aromatic heterocycles. The molecule has 0 aliphatic rings. The highest BCUT2D eigenvalue weighted by Crippen LogP contribution is 2.26. The van der Waals surface area contributed by atoms with E-state index in [1.54, 1.807) is 0 Å². The predicted octanol–water partition coefficient (Wildman–Crippen LogP) is 1.49. The zero-order chi connectivity index (χ0) is 21.9. The van der Waals surface area contributed by atoms with Gasteiger partial charge in [-0.3, -0.25) is 0 Å². The minimum atomic E-state index is -4.37. The molecule has 0 heterocycles. The molecule has 2 aromatic carbocycles. The van der Waals surface area contributed by atoms with Gasteiger partial charge in [0.1, 0.15) is 0 Å². The van der Waals surface area contributed by atoms with Crippen LogP contribution in [-0.4, -0.2) is 56.7 Å². The lowest BCUT2D eigenvalue weighted by Gasteiger charge is -2.11. The Hall–Kier alpha value is -3.73. The molecule has 0 atom stereocenters. The van der Waals surface area contributed by atoms with Crippen molar-refractivity contribution in [3.05, 3.63) is 58.7 Å². The number of carboxylic acids is 2. The average Bonchev–Trinajstić information content (AvgIpc) is 2.71. The van der Waals surface area contributed by atoms with Crippen molar-refractivity contribution < 1.29 is 47.3 Å². The number of rotatable bonds is 6. The van der Waals surface area contributed by atoms with Crippen molar-refractivity contribution in [2.45, 2.75) is 9.79 Å². The zero-order valence-corrected chi connectivity index (χ0v) is 15.8. The summed E-state index contributed by atoms with van der Waals surface area (Å²) in [5.41, 5.74) is -1.92. The number of esters is 2. The fourth-order valence-corrected chi connectivity index (χ4v) is 3.76. The molecule has 0 fully saturated rings. The van der Waals surface area contributed by atoms with Gasteiger partial charge in [0, 0.05) is 0 Å². The summed E-state index contributed by atoms with van der Waals surface area (Å²) < 4.78 is 34.7. The highest BCUT2D eigenvalue weighted by Gasteiger charge is 2.26. The summed E-state index contributed by atoms with van der Waals surface area (Å²) in [7, 11) is -2.33. The Morgan fingerprint density at radius 1 is 0.690 bits per heavy atom. The second-order valence-corrected chi connectivity index (χ2v) is 7.46. The lowest BCUT2D eigenvalue weighted by atomic mass is 10.1. The molecule has 2 rings (SSSR count). The monoisotopic (exact) mass is 422 g/mol. The number of hydrogen-bond acceptors (Lipinski definition) is 8. The summed E-state index contributed by atoms with van der Waals surface area (Å²) in [4.78, 5) is 45.3. The Bertz CT molecular complexity index is 1130. The molecule has 0 aliphatic carbocycles. The van der Waals surface area contributed by atoms with Gasteiger partial charge in [0.05, 0.1) is 46.3 Å². The first kappa shape index (κ1) is 21.6. The van der Waals surface area contributed by atoms with Gasteiger partial charge in [-0.2, -0.15) is 0 Å². The van der Waals surface area contributed by atoms with Crippen LogP contribution in [0.3, 0.4) is 0 Å². The van der Waals surface area contributed by atoms with Crippen molar-refractivity contribution in [3.8, 4) is 0 Å². The molecule has 0 bridgehead atoms. The number of carbonyl (C=O) groups is 4. The van der Waals surface area contributed by atoms with Crippen molar-refractivity contribution in [2.75, 3.05) is 14.2 Å². The maximum absolute atomic E-state index is 12.9. The van der Waals surface area contributed by atoms with Crippen LogP contribution in [0.5, 0.6) is 0 Å². The molecular formula is C18H14O10S. The van der Waals surface area contributed by atoms with E-state index in [2.05, 4.69) is 9.47 Å². The highest BCUT2D eigenvalue weighted by molar-refractivity contribution is 7.91. The Balaban J connectivity index is 2.68. The normalized spacial score (nSPS) is 10.8. The number of methoxy groups -OCH3 is 2. The first-order valence-corrected chi connectivity index (χ1v) is 9.19. The second-order valence-electron chi connectivity index (χ2n) is 5.51. The molecule has 0 amide bonds. The largest absolute Gasteiger partial charge is 0.478 e. The van der Waals surface area contributed by atoms with E-state index in [-0.39, 0.29) is 5.56 Å². The molecule has 0 radical (unpaired) electrons. The van der Waals surface area contributed by atoms with E-state index < -0.39 is 60.2 Å². The third-order valence-corrected chi connectivity index (χ3v) is 5.62. The van der Waals surface area contributed by atoms with Gasteiger partial charge < -0.3 is 19.7 Å². The van der Waals surface area contributed by atoms with E-state index in [0.717, 1.165) is 50.6 Å². The van der Waals surface area contributed by atoms with Gasteiger partial charge in [-0.15, -0.1) is 0 Å². The number of carbonyl (C=O) groups excluding carboxylic acids is 2. The fourth-order valence-electron chi connectivity index (χ4n) is 2.45. The maximum Gasteiger partial charge on any atom is 0.338 e. The van der Waals surface area contributed by atoms with Crippen LogP contribution in [0.15, 0.2) is 46.2 Å². The molecule has 152 valence electrons. The lowest BCUT2D eigenvalue weighted by Crippen LogP contribution is -2.14. The summed E-state index contributed by atoms with van der Waals surface area (Å²) >= 11 is 0. The van der Waals surface area contributed by atoms with E-state index in [1.807, 2.05) is 0 Å². The Morgan fingerprint density at radius 3 is 1.55 bits per heavy atom. The van der Waals surface area contributed by atoms with Crippen molar-refractivity contribution in [2.24, 2.45) is 0 Å². The van der Waals surface area contributed by atoms with E-state index in [1.165, 1.54) is 0 Å². The van der Waals surface area contributed by atoms with Crippen molar-refractivity contribution in [1.82, 2.24) is 0 Å². The lowest BCUT2D eigenvalue weighted by molar-refractivity contribution is 0.0579. The molecule has 2 aromatic rings. The van der Waals surface area contributed by atoms with Crippen LogP contribution in [0.1, 0.15) is 41.4 Å². The van der Waals surface area contributed by atoms with Gasteiger partial charge in [0.25, 0.3) is 0 Å². The van der Waals surface area contributed by atoms with E-state index in [4.69, 9.17) is 5.11 Å². The molecule has 0 saturated carbocycles. The Kier molecular flexibility index (Phi) is 6.03. The topological polar surface area (TPSA) is 161 Å². The van der Waals surface area contributed by atoms with Gasteiger partial charge in [0.15, 0.2) is 0 Å². The molecule has 0 unspecified atom stereocenters. The molecule has 10 nitrogen and oxygen atoms in total. The van der Waals surface area contributed by atoms with Crippen molar-refractivity contribution in [3.63, 3.8) is 0 Å². The average molecular weight is 422 g/mol. The third kappa shape index (κ3) is 4.09. The quantitative estimate of drug-likeness (QED) is 0.652. The molecule has 0 spiro atoms. The van der Waals surface area contributed by atoms with Gasteiger partial charge in [0.2, 0.25) is 9.84 Å². The van der Waals surface area contributed by atoms with Crippen LogP contribution < -0.4 is 0 Å². The highest BCUT2D eigenvalue weighted by atomic mass is 32.2. The number of carboxylic acid groups (broad SMARTS) is 2. The molecule has 11 heteroatoms. The van der Waals surface area contributed by atoms with Gasteiger partial charge in [-0.25, -0.2) is 27.6 Å². The predicted molar refractivity (Wildman–Crippen MR) is 94.9 cm³/mol. The minimum absolute atomic E-state index is 0.351. The molecule has 0 saturated heterocycles. The van der Waals surface area contributed by atoms with Crippen LogP contribution in [0.4, 0.5) is 0 Å². The van der Waals surface area contributed by atoms with Crippen LogP contribution in [0, 0.1) is 0 Å². The minimum Gasteiger partial charge on any atom is -0.478 e. The van der Waals surface area contributed by atoms with Crippen LogP contribution in [-0.2, 0) is 19.3 Å². The number of ether oxygens (including phenoxy) is 2. The van der Waals surface area contributed by atoms with E-state index in [9.17, 15) is 32.7 Å². The Labute approximate surface area is 164 Å². The second kappa shape index (κ2) is 8.10. The maximum atomic E-state index is 12.9. The molecular weight excluding hydrogens is 408 g/mol. The first-order valence-electron chi connectivity index (χ1n) is 7.71. The van der Waals surface area contributed by atoms with E-state index >= 15 is 0 Å². The first-order chi connectivity index (χ1) is 13.5. The molecule has 29 heavy (non-hydrogen) atoms. The van der Waals surface area contributed by atoms with Gasteiger partial charge in [-0.1, -0.05) is 0 Å². The number of sulfone groups is 1. The summed E-state index contributed by atoms with van der Waals surface area (Å²) in [5, 5.41) is 18.4. The number of hydrogen-bond donors (Lipinski definition) is 2. The summed E-state index contributed by atoms with van der Waals surface area (Å²) in [6, 6.07) is 5.44. The summed E-state index contributed by atoms with van der Waals surface area (Å²) in [6.07, 6.45) is 0. The molecule has 2 N–H and O–H groups in total. The summed E-state index contributed by atoms with van der Waals surface area (Å²) in [6.45, 7) is 0. The fraction of sp³-hybridized carbons (Fsp3) is 0.111. The third-order valence-electron chi connectivity index (χ3n) is 3.87. The van der Waals surface area contributed by atoms with Gasteiger partial charge in [-0.05, 0) is 36.4 Å². The molecule has 0 aliphatic heterocycles. The van der Waals surface area contributed by atoms with E-state index in [0.29, 0.717) is 0 Å². The summed E-state index contributed by atoms with van der Waals surface area (Å²) in [5.74, 6) is -5.05. The zero-order valence-electron chi connectivity index (χ0n) is 15.0.